The van der Waals surface area contributed by atoms with Gasteiger partial charge in [-0.2, -0.15) is 0 Å². The van der Waals surface area contributed by atoms with Gasteiger partial charge in [0.15, 0.2) is 0 Å². The van der Waals surface area contributed by atoms with Gasteiger partial charge in [-0.05, 0) is 31.6 Å². The highest BCUT2D eigenvalue weighted by molar-refractivity contribution is 5.74. The topological polar surface area (TPSA) is 55.1 Å². The van der Waals surface area contributed by atoms with Crippen LogP contribution in [0.25, 0.3) is 0 Å². The Morgan fingerprint density at radius 2 is 2.20 bits per heavy atom. The van der Waals surface area contributed by atoms with Crippen LogP contribution >= 0.6 is 0 Å². The lowest BCUT2D eigenvalue weighted by atomic mass is 9.66. The van der Waals surface area contributed by atoms with Gasteiger partial charge in [-0.3, -0.25) is 4.79 Å². The molecule has 1 unspecified atom stereocenters. The molecule has 0 aromatic heterocycles. The first kappa shape index (κ1) is 12.5. The molecule has 3 heteroatoms. The summed E-state index contributed by atoms with van der Waals surface area (Å²) >= 11 is 0. The summed E-state index contributed by atoms with van der Waals surface area (Å²) in [6.07, 6.45) is 7.07. The second-order valence-electron chi connectivity index (χ2n) is 5.06. The number of rotatable bonds is 7. The van der Waals surface area contributed by atoms with Crippen molar-refractivity contribution in [3.05, 3.63) is 0 Å². The highest BCUT2D eigenvalue weighted by Crippen LogP contribution is 2.44. The van der Waals surface area contributed by atoms with Crippen molar-refractivity contribution < 1.29 is 4.79 Å². The Bertz CT molecular complexity index is 212. The fraction of sp³-hybridized carbons (Fsp3) is 0.917. The minimum Gasteiger partial charge on any atom is -0.370 e. The molecule has 3 N–H and O–H groups in total. The zero-order valence-electron chi connectivity index (χ0n) is 10.0. The quantitative estimate of drug-likeness (QED) is 0.676. The van der Waals surface area contributed by atoms with Crippen molar-refractivity contribution in [1.29, 1.82) is 0 Å². The monoisotopic (exact) mass is 212 g/mol. The minimum absolute atomic E-state index is 0.215. The van der Waals surface area contributed by atoms with Gasteiger partial charge in [-0.15, -0.1) is 0 Å². The Hall–Kier alpha value is -0.570. The molecule has 0 radical (unpaired) electrons. The van der Waals surface area contributed by atoms with Crippen LogP contribution in [0.5, 0.6) is 0 Å². The maximum absolute atomic E-state index is 10.7. The number of hydrogen-bond acceptors (Lipinski definition) is 2. The molecule has 1 aliphatic carbocycles. The maximum Gasteiger partial charge on any atom is 0.218 e. The van der Waals surface area contributed by atoms with Crippen molar-refractivity contribution in [3.63, 3.8) is 0 Å². The second-order valence-corrected chi connectivity index (χ2v) is 5.06. The van der Waals surface area contributed by atoms with Crippen LogP contribution in [0.15, 0.2) is 0 Å². The van der Waals surface area contributed by atoms with Crippen LogP contribution in [0.4, 0.5) is 0 Å². The SMILES string of the molecule is CCCC1(CNC(C)CC(N)=O)CCC1. The normalized spacial score (nSPS) is 20.7. The predicted octanol–water partition coefficient (Wildman–Crippen LogP) is 1.81. The van der Waals surface area contributed by atoms with Crippen LogP contribution in [-0.4, -0.2) is 18.5 Å². The van der Waals surface area contributed by atoms with E-state index in [1.165, 1.54) is 32.1 Å². The summed E-state index contributed by atoms with van der Waals surface area (Å²) in [5.41, 5.74) is 5.69. The van der Waals surface area contributed by atoms with Crippen molar-refractivity contribution in [2.45, 2.75) is 58.4 Å². The van der Waals surface area contributed by atoms with Gasteiger partial charge in [-0.1, -0.05) is 19.8 Å². The maximum atomic E-state index is 10.7. The minimum atomic E-state index is -0.215. The fourth-order valence-electron chi connectivity index (χ4n) is 2.49. The molecular weight excluding hydrogens is 188 g/mol. The largest absolute Gasteiger partial charge is 0.370 e. The lowest BCUT2D eigenvalue weighted by molar-refractivity contribution is -0.118. The molecule has 1 amide bonds. The Labute approximate surface area is 92.8 Å². The van der Waals surface area contributed by atoms with Crippen molar-refractivity contribution in [2.24, 2.45) is 11.1 Å². The molecular formula is C12H24N2O. The number of carbonyl (C=O) groups excluding carboxylic acids is 1. The molecule has 88 valence electrons. The molecule has 1 rings (SSSR count). The van der Waals surface area contributed by atoms with Gasteiger partial charge in [0, 0.05) is 19.0 Å². The molecule has 0 spiro atoms. The third-order valence-electron chi connectivity index (χ3n) is 3.53. The molecule has 0 bridgehead atoms. The van der Waals surface area contributed by atoms with Crippen molar-refractivity contribution in [2.75, 3.05) is 6.54 Å². The zero-order valence-corrected chi connectivity index (χ0v) is 10.0. The lowest BCUT2D eigenvalue weighted by Crippen LogP contribution is -2.43. The first-order valence-electron chi connectivity index (χ1n) is 6.10. The summed E-state index contributed by atoms with van der Waals surface area (Å²) in [6, 6.07) is 0.219. The summed E-state index contributed by atoms with van der Waals surface area (Å²) in [7, 11) is 0. The number of primary amides is 1. The van der Waals surface area contributed by atoms with Gasteiger partial charge >= 0.3 is 0 Å². The third kappa shape index (κ3) is 3.82. The van der Waals surface area contributed by atoms with Crippen LogP contribution < -0.4 is 11.1 Å². The van der Waals surface area contributed by atoms with E-state index in [2.05, 4.69) is 12.2 Å². The average Bonchev–Trinajstić information content (AvgIpc) is 2.08. The van der Waals surface area contributed by atoms with Gasteiger partial charge in [0.2, 0.25) is 5.91 Å². The molecule has 0 aliphatic heterocycles. The van der Waals surface area contributed by atoms with E-state index in [-0.39, 0.29) is 11.9 Å². The summed E-state index contributed by atoms with van der Waals surface area (Å²) in [6.45, 7) is 5.32. The van der Waals surface area contributed by atoms with Gasteiger partial charge in [0.1, 0.15) is 0 Å². The van der Waals surface area contributed by atoms with Crippen LogP contribution in [-0.2, 0) is 4.79 Å². The van der Waals surface area contributed by atoms with E-state index >= 15 is 0 Å². The fourth-order valence-corrected chi connectivity index (χ4v) is 2.49. The van der Waals surface area contributed by atoms with Gasteiger partial charge in [0.25, 0.3) is 0 Å². The highest BCUT2D eigenvalue weighted by atomic mass is 16.1. The van der Waals surface area contributed by atoms with E-state index in [0.717, 1.165) is 6.54 Å². The number of nitrogens with two attached hydrogens (primary N) is 1. The summed E-state index contributed by atoms with van der Waals surface area (Å²) in [4.78, 5) is 10.7. The van der Waals surface area contributed by atoms with E-state index in [9.17, 15) is 4.79 Å². The first-order chi connectivity index (χ1) is 7.08. The zero-order chi connectivity index (χ0) is 11.3. The lowest BCUT2D eigenvalue weighted by Gasteiger charge is -2.43. The molecule has 3 nitrogen and oxygen atoms in total. The van der Waals surface area contributed by atoms with Gasteiger partial charge in [-0.25, -0.2) is 0 Å². The van der Waals surface area contributed by atoms with Crippen molar-refractivity contribution in [1.82, 2.24) is 5.32 Å². The number of amides is 1. The van der Waals surface area contributed by atoms with Crippen molar-refractivity contribution in [3.8, 4) is 0 Å². The molecule has 1 fully saturated rings. The molecule has 0 aromatic rings. The van der Waals surface area contributed by atoms with Crippen LogP contribution in [0, 0.1) is 5.41 Å². The van der Waals surface area contributed by atoms with Gasteiger partial charge in [0.05, 0.1) is 0 Å². The Kier molecular flexibility index (Phi) is 4.58. The average molecular weight is 212 g/mol. The Morgan fingerprint density at radius 3 is 2.60 bits per heavy atom. The molecule has 0 aromatic carbocycles. The summed E-state index contributed by atoms with van der Waals surface area (Å²) in [5.74, 6) is -0.215. The smallest absolute Gasteiger partial charge is 0.218 e. The number of nitrogens with one attached hydrogen (secondary N) is 1. The Balaban J connectivity index is 2.25. The van der Waals surface area contributed by atoms with E-state index in [1.807, 2.05) is 6.92 Å². The van der Waals surface area contributed by atoms with Crippen LogP contribution in [0.2, 0.25) is 0 Å². The molecule has 15 heavy (non-hydrogen) atoms. The van der Waals surface area contributed by atoms with E-state index in [1.54, 1.807) is 0 Å². The van der Waals surface area contributed by atoms with Crippen LogP contribution in [0.3, 0.4) is 0 Å². The van der Waals surface area contributed by atoms with E-state index in [4.69, 9.17) is 5.73 Å². The Morgan fingerprint density at radius 1 is 1.53 bits per heavy atom. The first-order valence-corrected chi connectivity index (χ1v) is 6.10. The number of carbonyl (C=O) groups is 1. The van der Waals surface area contributed by atoms with Gasteiger partial charge < -0.3 is 11.1 Å². The highest BCUT2D eigenvalue weighted by Gasteiger charge is 2.35. The molecule has 0 heterocycles. The molecule has 1 aliphatic rings. The summed E-state index contributed by atoms with van der Waals surface area (Å²) in [5, 5.41) is 3.44. The predicted molar refractivity (Wildman–Crippen MR) is 62.5 cm³/mol. The van der Waals surface area contributed by atoms with E-state index < -0.39 is 0 Å². The standard InChI is InChI=1S/C12H24N2O/c1-3-5-12(6-4-7-12)9-14-10(2)8-11(13)15/h10,14H,3-9H2,1-2H3,(H2,13,15). The second kappa shape index (κ2) is 5.50. The molecule has 1 atom stereocenters. The van der Waals surface area contributed by atoms with E-state index in [0.29, 0.717) is 11.8 Å². The summed E-state index contributed by atoms with van der Waals surface area (Å²) < 4.78 is 0. The number of hydrogen-bond donors (Lipinski definition) is 2. The molecule has 1 saturated carbocycles. The third-order valence-corrected chi connectivity index (χ3v) is 3.53. The van der Waals surface area contributed by atoms with Crippen LogP contribution in [0.1, 0.15) is 52.4 Å². The van der Waals surface area contributed by atoms with Crippen molar-refractivity contribution >= 4 is 5.91 Å². The molecule has 0 saturated heterocycles.